The summed E-state index contributed by atoms with van der Waals surface area (Å²) >= 11 is 1.63. The quantitative estimate of drug-likeness (QED) is 0.626. The molecule has 3 rings (SSSR count). The van der Waals surface area contributed by atoms with E-state index in [0.717, 1.165) is 35.8 Å². The number of carbonyl (C=O) groups excluding carboxylic acids is 1. The van der Waals surface area contributed by atoms with Crippen molar-refractivity contribution >= 4 is 29.4 Å². The predicted octanol–water partition coefficient (Wildman–Crippen LogP) is 2.95. The molecular weight excluding hydrogens is 372 g/mol. The number of carbonyl (C=O) groups is 1. The Morgan fingerprint density at radius 1 is 1.18 bits per heavy atom. The van der Waals surface area contributed by atoms with Crippen molar-refractivity contribution in [3.05, 3.63) is 36.3 Å². The predicted molar refractivity (Wildman–Crippen MR) is 114 cm³/mol. The second-order valence-corrected chi connectivity index (χ2v) is 8.35. The molecule has 28 heavy (non-hydrogen) atoms. The van der Waals surface area contributed by atoms with Gasteiger partial charge in [0.2, 0.25) is 11.9 Å². The minimum atomic E-state index is 0.119. The molecule has 0 saturated heterocycles. The van der Waals surface area contributed by atoms with Crippen molar-refractivity contribution in [2.75, 3.05) is 44.1 Å². The molecule has 2 N–H and O–H groups in total. The summed E-state index contributed by atoms with van der Waals surface area (Å²) in [4.78, 5) is 27.8. The molecule has 8 heteroatoms. The average Bonchev–Trinajstić information content (AvgIpc) is 3.51. The smallest absolute Gasteiger partial charge is 0.225 e. The van der Waals surface area contributed by atoms with E-state index in [0.29, 0.717) is 17.8 Å². The summed E-state index contributed by atoms with van der Waals surface area (Å²) in [6.07, 6.45) is 8.47. The first-order chi connectivity index (χ1) is 13.5. The molecular formula is C20H28N6OS. The van der Waals surface area contributed by atoms with Crippen LogP contribution < -0.4 is 10.6 Å². The topological polar surface area (TPSA) is 83.0 Å². The minimum Gasteiger partial charge on any atom is -0.370 e. The SMILES string of the molecule is CSc1cnc(NC[C@H](C)CNc2ccc([C@H]3C[C@@H]3C(=O)N(C)C)cn2)nc1. The largest absolute Gasteiger partial charge is 0.370 e. The Labute approximate surface area is 170 Å². The highest BCUT2D eigenvalue weighted by Crippen LogP contribution is 2.48. The maximum atomic E-state index is 12.0. The van der Waals surface area contributed by atoms with Gasteiger partial charge in [-0.15, -0.1) is 11.8 Å². The molecule has 1 amide bonds. The molecule has 3 atom stereocenters. The van der Waals surface area contributed by atoms with Gasteiger partial charge in [-0.1, -0.05) is 13.0 Å². The molecule has 2 heterocycles. The first-order valence-corrected chi connectivity index (χ1v) is 10.7. The van der Waals surface area contributed by atoms with Crippen molar-refractivity contribution < 1.29 is 4.79 Å². The second-order valence-electron chi connectivity index (χ2n) is 7.47. The molecule has 0 radical (unpaired) electrons. The fourth-order valence-corrected chi connectivity index (χ4v) is 3.34. The molecule has 7 nitrogen and oxygen atoms in total. The van der Waals surface area contributed by atoms with Gasteiger partial charge in [-0.05, 0) is 36.1 Å². The van der Waals surface area contributed by atoms with E-state index in [1.165, 1.54) is 0 Å². The van der Waals surface area contributed by atoms with Crippen LogP contribution >= 0.6 is 11.8 Å². The van der Waals surface area contributed by atoms with Gasteiger partial charge in [0, 0.05) is 56.6 Å². The molecule has 1 saturated carbocycles. The number of thioether (sulfide) groups is 1. The van der Waals surface area contributed by atoms with Gasteiger partial charge < -0.3 is 15.5 Å². The van der Waals surface area contributed by atoms with E-state index in [-0.39, 0.29) is 11.8 Å². The molecule has 0 unspecified atom stereocenters. The lowest BCUT2D eigenvalue weighted by atomic mass is 10.1. The lowest BCUT2D eigenvalue weighted by molar-refractivity contribution is -0.130. The lowest BCUT2D eigenvalue weighted by Gasteiger charge is -2.14. The van der Waals surface area contributed by atoms with Crippen LogP contribution in [0.15, 0.2) is 35.6 Å². The Kier molecular flexibility index (Phi) is 6.72. The highest BCUT2D eigenvalue weighted by atomic mass is 32.2. The number of nitrogens with one attached hydrogen (secondary N) is 2. The number of nitrogens with zero attached hydrogens (tertiary/aromatic N) is 4. The zero-order valence-electron chi connectivity index (χ0n) is 16.8. The zero-order valence-corrected chi connectivity index (χ0v) is 17.7. The van der Waals surface area contributed by atoms with Crippen LogP contribution in [0.25, 0.3) is 0 Å². The molecule has 1 aliphatic rings. The van der Waals surface area contributed by atoms with Gasteiger partial charge in [-0.25, -0.2) is 15.0 Å². The number of anilines is 2. The molecule has 150 valence electrons. The number of hydrogen-bond donors (Lipinski definition) is 2. The average molecular weight is 401 g/mol. The van der Waals surface area contributed by atoms with E-state index in [1.54, 1.807) is 16.7 Å². The fourth-order valence-electron chi connectivity index (χ4n) is 3.03. The molecule has 0 bridgehead atoms. The van der Waals surface area contributed by atoms with Crippen molar-refractivity contribution in [2.24, 2.45) is 11.8 Å². The van der Waals surface area contributed by atoms with Crippen LogP contribution in [-0.4, -0.2) is 59.2 Å². The van der Waals surface area contributed by atoms with Crippen LogP contribution in [0.4, 0.5) is 11.8 Å². The van der Waals surface area contributed by atoms with Gasteiger partial charge >= 0.3 is 0 Å². The zero-order chi connectivity index (χ0) is 20.1. The van der Waals surface area contributed by atoms with Crippen LogP contribution in [0.3, 0.4) is 0 Å². The third-order valence-electron chi connectivity index (χ3n) is 4.87. The van der Waals surface area contributed by atoms with E-state index in [4.69, 9.17) is 0 Å². The first-order valence-electron chi connectivity index (χ1n) is 9.48. The third kappa shape index (κ3) is 5.34. The Morgan fingerprint density at radius 2 is 1.89 bits per heavy atom. The van der Waals surface area contributed by atoms with Gasteiger partial charge in [0.25, 0.3) is 0 Å². The van der Waals surface area contributed by atoms with E-state index >= 15 is 0 Å². The molecule has 2 aromatic rings. The molecule has 0 aliphatic heterocycles. The Bertz CT molecular complexity index is 780. The van der Waals surface area contributed by atoms with E-state index in [2.05, 4.69) is 38.6 Å². The summed E-state index contributed by atoms with van der Waals surface area (Å²) in [5, 5.41) is 6.63. The highest BCUT2D eigenvalue weighted by Gasteiger charge is 2.44. The molecule has 1 fully saturated rings. The molecule has 0 spiro atoms. The minimum absolute atomic E-state index is 0.119. The summed E-state index contributed by atoms with van der Waals surface area (Å²) in [5.74, 6) is 2.54. The van der Waals surface area contributed by atoms with Crippen LogP contribution in [0.5, 0.6) is 0 Å². The van der Waals surface area contributed by atoms with Crippen LogP contribution in [-0.2, 0) is 4.79 Å². The molecule has 0 aromatic carbocycles. The molecule has 1 aliphatic carbocycles. The fraction of sp³-hybridized carbons (Fsp3) is 0.500. The number of aromatic nitrogens is 3. The maximum Gasteiger partial charge on any atom is 0.225 e. The van der Waals surface area contributed by atoms with E-state index in [9.17, 15) is 4.79 Å². The Morgan fingerprint density at radius 3 is 2.50 bits per heavy atom. The van der Waals surface area contributed by atoms with Gasteiger partial charge in [-0.3, -0.25) is 4.79 Å². The number of pyridine rings is 1. The summed E-state index contributed by atoms with van der Waals surface area (Å²) in [6, 6.07) is 4.07. The van der Waals surface area contributed by atoms with E-state index < -0.39 is 0 Å². The molecule has 2 aromatic heterocycles. The summed E-state index contributed by atoms with van der Waals surface area (Å²) in [5.41, 5.74) is 1.14. The number of hydrogen-bond acceptors (Lipinski definition) is 7. The third-order valence-corrected chi connectivity index (χ3v) is 5.55. The summed E-state index contributed by atoms with van der Waals surface area (Å²) < 4.78 is 0. The van der Waals surface area contributed by atoms with Crippen LogP contribution in [0, 0.1) is 11.8 Å². The van der Waals surface area contributed by atoms with Crippen molar-refractivity contribution in [2.45, 2.75) is 24.2 Å². The van der Waals surface area contributed by atoms with Crippen molar-refractivity contribution in [1.82, 2.24) is 19.9 Å². The first kappa shape index (κ1) is 20.4. The standard InChI is InChI=1S/C20H28N6OS/c1-13(9-23-20-24-11-15(28-4)12-25-20)8-21-18-6-5-14(10-22-18)16-7-17(16)19(27)26(2)3/h5-6,10-13,16-17H,7-9H2,1-4H3,(H,21,22)(H,23,24,25)/t13-,16-,17+/m1/s1. The Balaban J connectivity index is 1.41. The summed E-state index contributed by atoms with van der Waals surface area (Å²) in [7, 11) is 3.62. The Hall–Kier alpha value is -2.35. The van der Waals surface area contributed by atoms with Gasteiger partial charge in [0.05, 0.1) is 0 Å². The van der Waals surface area contributed by atoms with Gasteiger partial charge in [0.15, 0.2) is 0 Å². The summed E-state index contributed by atoms with van der Waals surface area (Å²) in [6.45, 7) is 3.74. The van der Waals surface area contributed by atoms with E-state index in [1.807, 2.05) is 45.0 Å². The van der Waals surface area contributed by atoms with Crippen molar-refractivity contribution in [1.29, 1.82) is 0 Å². The van der Waals surface area contributed by atoms with Gasteiger partial charge in [-0.2, -0.15) is 0 Å². The number of rotatable bonds is 9. The van der Waals surface area contributed by atoms with Crippen molar-refractivity contribution in [3.63, 3.8) is 0 Å². The van der Waals surface area contributed by atoms with Gasteiger partial charge in [0.1, 0.15) is 5.82 Å². The second kappa shape index (κ2) is 9.23. The maximum absolute atomic E-state index is 12.0. The van der Waals surface area contributed by atoms with Crippen LogP contribution in [0.2, 0.25) is 0 Å². The monoisotopic (exact) mass is 400 g/mol. The van der Waals surface area contributed by atoms with Crippen molar-refractivity contribution in [3.8, 4) is 0 Å². The normalized spacial score (nSPS) is 19.0. The lowest BCUT2D eigenvalue weighted by Crippen LogP contribution is -2.23. The number of amides is 1. The highest BCUT2D eigenvalue weighted by molar-refractivity contribution is 7.98. The van der Waals surface area contributed by atoms with Crippen LogP contribution in [0.1, 0.15) is 24.8 Å².